The van der Waals surface area contributed by atoms with Crippen molar-refractivity contribution in [1.82, 2.24) is 4.98 Å². The number of ether oxygens (including phenoxy) is 2. The summed E-state index contributed by atoms with van der Waals surface area (Å²) < 4.78 is 10.1. The number of hydrogen-bond acceptors (Lipinski definition) is 6. The van der Waals surface area contributed by atoms with Gasteiger partial charge in [0.1, 0.15) is 17.5 Å². The Balaban J connectivity index is 2.48. The minimum absolute atomic E-state index is 0.000378. The number of hydrogen-bond donors (Lipinski definition) is 1. The van der Waals surface area contributed by atoms with Crippen molar-refractivity contribution >= 4 is 11.8 Å². The molecule has 0 spiro atoms. The van der Waals surface area contributed by atoms with Gasteiger partial charge < -0.3 is 19.4 Å². The second-order valence-corrected chi connectivity index (χ2v) is 4.20. The Kier molecular flexibility index (Phi) is 4.38. The molecule has 0 aromatic carbocycles. The number of nitriles is 1. The average molecular weight is 277 g/mol. The quantitative estimate of drug-likeness (QED) is 0.796. The summed E-state index contributed by atoms with van der Waals surface area (Å²) in [5.41, 5.74) is -0.307. The van der Waals surface area contributed by atoms with E-state index in [2.05, 4.69) is 4.98 Å². The first-order valence-electron chi connectivity index (χ1n) is 6.34. The molecular weight excluding hydrogens is 262 g/mol. The zero-order valence-electron chi connectivity index (χ0n) is 11.1. The van der Waals surface area contributed by atoms with Crippen LogP contribution >= 0.6 is 0 Å². The third-order valence-corrected chi connectivity index (χ3v) is 2.96. The summed E-state index contributed by atoms with van der Waals surface area (Å²) in [6.45, 7) is 3.98. The second kappa shape index (κ2) is 6.21. The summed E-state index contributed by atoms with van der Waals surface area (Å²) >= 11 is 0. The third kappa shape index (κ3) is 2.81. The first kappa shape index (κ1) is 14.1. The molecular formula is C13H15N3O4. The highest BCUT2D eigenvalue weighted by molar-refractivity contribution is 5.93. The van der Waals surface area contributed by atoms with Crippen LogP contribution in [0.4, 0.5) is 5.82 Å². The second-order valence-electron chi connectivity index (χ2n) is 4.20. The molecule has 1 aromatic heterocycles. The number of anilines is 1. The fourth-order valence-electron chi connectivity index (χ4n) is 2.05. The van der Waals surface area contributed by atoms with Gasteiger partial charge in [0.15, 0.2) is 0 Å². The zero-order chi connectivity index (χ0) is 14.5. The van der Waals surface area contributed by atoms with Crippen LogP contribution in [-0.4, -0.2) is 43.9 Å². The Hall–Kier alpha value is -2.33. The lowest BCUT2D eigenvalue weighted by atomic mass is 10.1. The highest BCUT2D eigenvalue weighted by Gasteiger charge is 2.22. The smallest absolute Gasteiger partial charge is 0.339 e. The summed E-state index contributed by atoms with van der Waals surface area (Å²) in [6.07, 6.45) is 0. The molecule has 2 rings (SSSR count). The first-order chi connectivity index (χ1) is 9.67. The van der Waals surface area contributed by atoms with Gasteiger partial charge in [-0.1, -0.05) is 0 Å². The molecule has 7 heteroatoms. The molecule has 1 N–H and O–H groups in total. The molecule has 1 aliphatic heterocycles. The van der Waals surface area contributed by atoms with Crippen LogP contribution in [0.1, 0.15) is 22.8 Å². The first-order valence-corrected chi connectivity index (χ1v) is 6.34. The Morgan fingerprint density at radius 3 is 2.85 bits per heavy atom. The minimum Gasteiger partial charge on any atom is -0.462 e. The molecule has 2 heterocycles. The van der Waals surface area contributed by atoms with Gasteiger partial charge in [0.05, 0.1) is 25.4 Å². The number of H-pyrrole nitrogens is 1. The lowest BCUT2D eigenvalue weighted by Gasteiger charge is -2.29. The number of morpholine rings is 1. The zero-order valence-corrected chi connectivity index (χ0v) is 11.1. The molecule has 0 bridgehead atoms. The summed E-state index contributed by atoms with van der Waals surface area (Å²) in [5, 5.41) is 9.30. The number of nitrogens with zero attached hydrogens (tertiary/aromatic N) is 2. The third-order valence-electron chi connectivity index (χ3n) is 2.96. The molecule has 0 atom stereocenters. The van der Waals surface area contributed by atoms with Gasteiger partial charge in [-0.3, -0.25) is 4.79 Å². The average Bonchev–Trinajstić information content (AvgIpc) is 2.47. The molecule has 20 heavy (non-hydrogen) atoms. The van der Waals surface area contributed by atoms with Crippen LogP contribution in [0.3, 0.4) is 0 Å². The van der Waals surface area contributed by atoms with Crippen molar-refractivity contribution in [3.63, 3.8) is 0 Å². The lowest BCUT2D eigenvalue weighted by molar-refractivity contribution is 0.0525. The van der Waals surface area contributed by atoms with Crippen LogP contribution in [0.15, 0.2) is 10.9 Å². The largest absolute Gasteiger partial charge is 0.462 e. The van der Waals surface area contributed by atoms with Gasteiger partial charge in [0.2, 0.25) is 5.56 Å². The highest BCUT2D eigenvalue weighted by atomic mass is 16.5. The molecule has 106 valence electrons. The van der Waals surface area contributed by atoms with Crippen LogP contribution in [-0.2, 0) is 9.47 Å². The number of aromatic amines is 1. The van der Waals surface area contributed by atoms with Gasteiger partial charge in [-0.15, -0.1) is 0 Å². The van der Waals surface area contributed by atoms with Crippen molar-refractivity contribution in [2.24, 2.45) is 0 Å². The van der Waals surface area contributed by atoms with Gasteiger partial charge in [-0.25, -0.2) is 4.79 Å². The van der Waals surface area contributed by atoms with Crippen molar-refractivity contribution in [3.8, 4) is 6.07 Å². The molecule has 1 fully saturated rings. The van der Waals surface area contributed by atoms with Gasteiger partial charge in [0, 0.05) is 19.2 Å². The topological polar surface area (TPSA) is 95.4 Å². The maximum absolute atomic E-state index is 11.8. The summed E-state index contributed by atoms with van der Waals surface area (Å²) in [6, 6.07) is 3.07. The summed E-state index contributed by atoms with van der Waals surface area (Å²) in [4.78, 5) is 28.0. The standard InChI is InChI=1S/C13H15N3O4/c1-2-20-13(18)9-7-11(17)15-12(10(9)8-14)16-3-5-19-6-4-16/h7H,2-6H2,1H3,(H,15,17). The normalized spacial score (nSPS) is 14.7. The van der Waals surface area contributed by atoms with E-state index in [1.165, 1.54) is 0 Å². The predicted molar refractivity (Wildman–Crippen MR) is 70.8 cm³/mol. The molecule has 0 unspecified atom stereocenters. The summed E-state index contributed by atoms with van der Waals surface area (Å²) in [7, 11) is 0. The van der Waals surface area contributed by atoms with E-state index in [-0.39, 0.29) is 17.7 Å². The fraction of sp³-hybridized carbons (Fsp3) is 0.462. The van der Waals surface area contributed by atoms with E-state index in [0.717, 1.165) is 6.07 Å². The van der Waals surface area contributed by atoms with Crippen molar-refractivity contribution < 1.29 is 14.3 Å². The van der Waals surface area contributed by atoms with Crippen LogP contribution in [0.2, 0.25) is 0 Å². The van der Waals surface area contributed by atoms with E-state index in [9.17, 15) is 14.9 Å². The Morgan fingerprint density at radius 2 is 2.25 bits per heavy atom. The Bertz CT molecular complexity index is 597. The van der Waals surface area contributed by atoms with Crippen LogP contribution in [0, 0.1) is 11.3 Å². The number of esters is 1. The van der Waals surface area contributed by atoms with Crippen LogP contribution in [0.5, 0.6) is 0 Å². The SMILES string of the molecule is CCOC(=O)c1cc(=O)[nH]c(N2CCOCC2)c1C#N. The molecule has 0 aliphatic carbocycles. The van der Waals surface area contributed by atoms with E-state index in [1.807, 2.05) is 11.0 Å². The molecule has 0 amide bonds. The van der Waals surface area contributed by atoms with E-state index < -0.39 is 11.5 Å². The number of pyridine rings is 1. The molecule has 0 saturated carbocycles. The van der Waals surface area contributed by atoms with Crippen LogP contribution in [0.25, 0.3) is 0 Å². The highest BCUT2D eigenvalue weighted by Crippen LogP contribution is 2.20. The number of carbonyl (C=O) groups is 1. The van der Waals surface area contributed by atoms with Gasteiger partial charge in [-0.05, 0) is 6.92 Å². The maximum Gasteiger partial charge on any atom is 0.339 e. The minimum atomic E-state index is -0.662. The summed E-state index contributed by atoms with van der Waals surface area (Å²) in [5.74, 6) is -0.309. The maximum atomic E-state index is 11.8. The van der Waals surface area contributed by atoms with E-state index >= 15 is 0 Å². The van der Waals surface area contributed by atoms with E-state index in [0.29, 0.717) is 32.1 Å². The molecule has 7 nitrogen and oxygen atoms in total. The van der Waals surface area contributed by atoms with Crippen molar-refractivity contribution in [3.05, 3.63) is 27.5 Å². The molecule has 0 radical (unpaired) electrons. The number of nitrogens with one attached hydrogen (secondary N) is 1. The van der Waals surface area contributed by atoms with Crippen molar-refractivity contribution in [1.29, 1.82) is 5.26 Å². The molecule has 1 aromatic rings. The molecule has 1 saturated heterocycles. The molecule has 1 aliphatic rings. The number of aromatic nitrogens is 1. The predicted octanol–water partition coefficient (Wildman–Crippen LogP) is 0.260. The van der Waals surface area contributed by atoms with Gasteiger partial charge >= 0.3 is 5.97 Å². The van der Waals surface area contributed by atoms with Gasteiger partial charge in [0.25, 0.3) is 0 Å². The Labute approximate surface area is 115 Å². The van der Waals surface area contributed by atoms with E-state index in [4.69, 9.17) is 9.47 Å². The fourth-order valence-corrected chi connectivity index (χ4v) is 2.05. The monoisotopic (exact) mass is 277 g/mol. The number of carbonyl (C=O) groups excluding carboxylic acids is 1. The van der Waals surface area contributed by atoms with Crippen LogP contribution < -0.4 is 10.5 Å². The Morgan fingerprint density at radius 1 is 1.55 bits per heavy atom. The van der Waals surface area contributed by atoms with E-state index in [1.54, 1.807) is 6.92 Å². The lowest BCUT2D eigenvalue weighted by Crippen LogP contribution is -2.38. The number of rotatable bonds is 3. The van der Waals surface area contributed by atoms with Crippen molar-refractivity contribution in [2.75, 3.05) is 37.8 Å². The van der Waals surface area contributed by atoms with Crippen molar-refractivity contribution in [2.45, 2.75) is 6.92 Å². The van der Waals surface area contributed by atoms with Gasteiger partial charge in [-0.2, -0.15) is 5.26 Å².